The molecule has 0 unspecified atom stereocenters. The smallest absolute Gasteiger partial charge is 0.406 e. The van der Waals surface area contributed by atoms with E-state index in [-0.39, 0.29) is 11.7 Å². The van der Waals surface area contributed by atoms with E-state index in [1.807, 2.05) is 0 Å². The molecular weight excluding hydrogens is 271 g/mol. The molecule has 0 heterocycles. The Morgan fingerprint density at radius 1 is 1.25 bits per heavy atom. The van der Waals surface area contributed by atoms with Gasteiger partial charge in [-0.05, 0) is 36.8 Å². The molecule has 0 fully saturated rings. The van der Waals surface area contributed by atoms with Gasteiger partial charge in [-0.1, -0.05) is 12.7 Å². The van der Waals surface area contributed by atoms with Gasteiger partial charge in [0.2, 0.25) is 5.91 Å². The third-order valence-electron chi connectivity index (χ3n) is 2.38. The Morgan fingerprint density at radius 3 is 2.30 bits per heavy atom. The maximum absolute atomic E-state index is 12.0. The second-order valence-electron chi connectivity index (χ2n) is 3.81. The van der Waals surface area contributed by atoms with E-state index in [0.717, 1.165) is 18.2 Å². The number of halogens is 3. The van der Waals surface area contributed by atoms with Crippen LogP contribution in [0.25, 0.3) is 0 Å². The SMILES string of the molecule is C=CCCN(C(=O)C=C)c1ccc(OC(F)(F)F)cc1. The molecule has 0 saturated carbocycles. The van der Waals surface area contributed by atoms with Crippen molar-refractivity contribution >= 4 is 11.6 Å². The van der Waals surface area contributed by atoms with E-state index in [2.05, 4.69) is 17.9 Å². The van der Waals surface area contributed by atoms with Crippen LogP contribution in [0.5, 0.6) is 5.75 Å². The average Bonchev–Trinajstić information content (AvgIpc) is 2.38. The van der Waals surface area contributed by atoms with Crippen molar-refractivity contribution in [2.75, 3.05) is 11.4 Å². The standard InChI is InChI=1S/C14H14F3NO2/c1-3-5-10-18(13(19)4-2)11-6-8-12(9-7-11)20-14(15,16)17/h3-4,6-9H,1-2,5,10H2. The molecule has 0 radical (unpaired) electrons. The monoisotopic (exact) mass is 285 g/mol. The summed E-state index contributed by atoms with van der Waals surface area (Å²) in [7, 11) is 0. The maximum atomic E-state index is 12.0. The molecule has 0 aliphatic heterocycles. The summed E-state index contributed by atoms with van der Waals surface area (Å²) in [6.07, 6.45) is -1.39. The minimum Gasteiger partial charge on any atom is -0.406 e. The Labute approximate surface area is 115 Å². The molecule has 0 aliphatic rings. The van der Waals surface area contributed by atoms with Gasteiger partial charge >= 0.3 is 6.36 Å². The molecule has 108 valence electrons. The number of rotatable bonds is 6. The fraction of sp³-hybridized carbons (Fsp3) is 0.214. The van der Waals surface area contributed by atoms with Gasteiger partial charge in [0.1, 0.15) is 5.75 Å². The summed E-state index contributed by atoms with van der Waals surface area (Å²) in [4.78, 5) is 13.1. The highest BCUT2D eigenvalue weighted by atomic mass is 19.4. The lowest BCUT2D eigenvalue weighted by Crippen LogP contribution is -2.29. The Hall–Kier alpha value is -2.24. The van der Waals surface area contributed by atoms with Gasteiger partial charge in [0, 0.05) is 12.2 Å². The molecule has 0 spiro atoms. The van der Waals surface area contributed by atoms with Crippen LogP contribution in [-0.4, -0.2) is 18.8 Å². The Morgan fingerprint density at radius 2 is 1.85 bits per heavy atom. The van der Waals surface area contributed by atoms with Gasteiger partial charge in [-0.25, -0.2) is 0 Å². The zero-order valence-electron chi connectivity index (χ0n) is 10.7. The number of amides is 1. The summed E-state index contributed by atoms with van der Waals surface area (Å²) >= 11 is 0. The minimum atomic E-state index is -4.74. The third kappa shape index (κ3) is 4.79. The Balaban J connectivity index is 2.89. The first-order chi connectivity index (χ1) is 9.37. The Bertz CT molecular complexity index is 480. The number of carbonyl (C=O) groups is 1. The van der Waals surface area contributed by atoms with Crippen LogP contribution in [0.3, 0.4) is 0 Å². The predicted molar refractivity (Wildman–Crippen MR) is 70.5 cm³/mol. The van der Waals surface area contributed by atoms with Gasteiger partial charge < -0.3 is 9.64 Å². The number of ether oxygens (including phenoxy) is 1. The molecule has 0 N–H and O–H groups in total. The van der Waals surface area contributed by atoms with Gasteiger partial charge in [0.25, 0.3) is 0 Å². The van der Waals surface area contributed by atoms with Crippen LogP contribution in [0.15, 0.2) is 49.6 Å². The van der Waals surface area contributed by atoms with E-state index < -0.39 is 6.36 Å². The third-order valence-corrected chi connectivity index (χ3v) is 2.38. The van der Waals surface area contributed by atoms with E-state index in [0.29, 0.717) is 18.7 Å². The van der Waals surface area contributed by atoms with Crippen LogP contribution >= 0.6 is 0 Å². The summed E-state index contributed by atoms with van der Waals surface area (Å²) in [6.45, 7) is 7.32. The van der Waals surface area contributed by atoms with Gasteiger partial charge in [0.05, 0.1) is 0 Å². The second-order valence-corrected chi connectivity index (χ2v) is 3.81. The lowest BCUT2D eigenvalue weighted by atomic mass is 10.2. The van der Waals surface area contributed by atoms with E-state index in [4.69, 9.17) is 0 Å². The Kier molecular flexibility index (Phi) is 5.37. The molecule has 1 rings (SSSR count). The predicted octanol–water partition coefficient (Wildman–Crippen LogP) is 3.68. The quantitative estimate of drug-likeness (QED) is 0.589. The molecule has 0 aliphatic carbocycles. The average molecular weight is 285 g/mol. The van der Waals surface area contributed by atoms with E-state index in [9.17, 15) is 18.0 Å². The van der Waals surface area contributed by atoms with Gasteiger partial charge in [0.15, 0.2) is 0 Å². The molecule has 0 bridgehead atoms. The molecule has 20 heavy (non-hydrogen) atoms. The highest BCUT2D eigenvalue weighted by Gasteiger charge is 2.31. The molecule has 0 aromatic heterocycles. The first kappa shape index (κ1) is 15.8. The summed E-state index contributed by atoms with van der Waals surface area (Å²) in [5.74, 6) is -0.674. The fourth-order valence-electron chi connectivity index (χ4n) is 1.52. The van der Waals surface area contributed by atoms with Gasteiger partial charge in [-0.15, -0.1) is 19.8 Å². The largest absolute Gasteiger partial charge is 0.573 e. The van der Waals surface area contributed by atoms with Gasteiger partial charge in [-0.2, -0.15) is 0 Å². The number of hydrogen-bond acceptors (Lipinski definition) is 2. The molecule has 1 aromatic carbocycles. The van der Waals surface area contributed by atoms with Crippen LogP contribution in [0.1, 0.15) is 6.42 Å². The first-order valence-corrected chi connectivity index (χ1v) is 5.78. The van der Waals surface area contributed by atoms with Crippen LogP contribution in [0, 0.1) is 0 Å². The minimum absolute atomic E-state index is 0.337. The number of anilines is 1. The van der Waals surface area contributed by atoms with E-state index in [1.54, 1.807) is 6.08 Å². The number of alkyl halides is 3. The first-order valence-electron chi connectivity index (χ1n) is 5.78. The number of hydrogen-bond donors (Lipinski definition) is 0. The van der Waals surface area contributed by atoms with Crippen molar-refractivity contribution in [3.8, 4) is 5.75 Å². The van der Waals surface area contributed by atoms with E-state index >= 15 is 0 Å². The molecule has 6 heteroatoms. The number of benzene rings is 1. The van der Waals surface area contributed by atoms with Crippen LogP contribution in [-0.2, 0) is 4.79 Å². The fourth-order valence-corrected chi connectivity index (χ4v) is 1.52. The summed E-state index contributed by atoms with van der Waals surface area (Å²) in [5, 5.41) is 0. The van der Waals surface area contributed by atoms with Crippen LogP contribution in [0.4, 0.5) is 18.9 Å². The second kappa shape index (κ2) is 6.79. The maximum Gasteiger partial charge on any atom is 0.573 e. The number of carbonyl (C=O) groups excluding carboxylic acids is 1. The summed E-state index contributed by atoms with van der Waals surface area (Å²) in [6, 6.07) is 5.07. The molecule has 1 amide bonds. The normalized spacial score (nSPS) is 10.8. The van der Waals surface area contributed by atoms with Crippen molar-refractivity contribution in [3.63, 3.8) is 0 Å². The topological polar surface area (TPSA) is 29.5 Å². The highest BCUT2D eigenvalue weighted by molar-refractivity contribution is 6.01. The van der Waals surface area contributed by atoms with Crippen molar-refractivity contribution in [3.05, 3.63) is 49.6 Å². The highest BCUT2D eigenvalue weighted by Crippen LogP contribution is 2.25. The lowest BCUT2D eigenvalue weighted by Gasteiger charge is -2.21. The molecule has 0 atom stereocenters. The summed E-state index contributed by atoms with van der Waals surface area (Å²) in [5.41, 5.74) is 0.464. The van der Waals surface area contributed by atoms with Crippen molar-refractivity contribution < 1.29 is 22.7 Å². The van der Waals surface area contributed by atoms with Crippen molar-refractivity contribution in [2.45, 2.75) is 12.8 Å². The molecule has 0 saturated heterocycles. The van der Waals surface area contributed by atoms with Crippen LogP contribution in [0.2, 0.25) is 0 Å². The van der Waals surface area contributed by atoms with Crippen molar-refractivity contribution in [1.82, 2.24) is 0 Å². The molecule has 3 nitrogen and oxygen atoms in total. The zero-order valence-corrected chi connectivity index (χ0v) is 10.7. The van der Waals surface area contributed by atoms with Gasteiger partial charge in [-0.3, -0.25) is 4.79 Å². The van der Waals surface area contributed by atoms with Crippen molar-refractivity contribution in [1.29, 1.82) is 0 Å². The lowest BCUT2D eigenvalue weighted by molar-refractivity contribution is -0.274. The molecular formula is C14H14F3NO2. The van der Waals surface area contributed by atoms with E-state index in [1.165, 1.54) is 17.0 Å². The van der Waals surface area contributed by atoms with Crippen LogP contribution < -0.4 is 9.64 Å². The number of nitrogens with zero attached hydrogens (tertiary/aromatic N) is 1. The summed E-state index contributed by atoms with van der Waals surface area (Å²) < 4.78 is 39.9. The van der Waals surface area contributed by atoms with Crippen molar-refractivity contribution in [2.24, 2.45) is 0 Å². The zero-order chi connectivity index (χ0) is 15.2. The molecule has 1 aromatic rings.